The fourth-order valence-corrected chi connectivity index (χ4v) is 4.72. The zero-order chi connectivity index (χ0) is 24.0. The van der Waals surface area contributed by atoms with Crippen molar-refractivity contribution in [2.75, 3.05) is 17.5 Å². The lowest BCUT2D eigenvalue weighted by Gasteiger charge is -2.25. The second kappa shape index (κ2) is 10.7. The minimum Gasteiger partial charge on any atom is -0.494 e. The van der Waals surface area contributed by atoms with Crippen LogP contribution in [0.5, 0.6) is 5.75 Å². The van der Waals surface area contributed by atoms with Crippen molar-refractivity contribution in [3.05, 3.63) is 89.2 Å². The Morgan fingerprint density at radius 3 is 2.21 bits per heavy atom. The number of anilines is 1. The molecule has 3 aromatic rings. The highest BCUT2D eigenvalue weighted by molar-refractivity contribution is 7.92. The Bertz CT molecular complexity index is 1180. The molecule has 1 amide bonds. The Labute approximate surface area is 198 Å². The third kappa shape index (κ3) is 6.24. The van der Waals surface area contributed by atoms with Crippen LogP contribution in [0.15, 0.2) is 77.7 Å². The summed E-state index contributed by atoms with van der Waals surface area (Å²) in [7, 11) is -4.07. The van der Waals surface area contributed by atoms with Crippen LogP contribution in [0.2, 0.25) is 5.02 Å². The molecule has 3 aromatic carbocycles. The molecule has 0 fully saturated rings. The van der Waals surface area contributed by atoms with Crippen molar-refractivity contribution >= 4 is 33.2 Å². The summed E-state index contributed by atoms with van der Waals surface area (Å²) < 4.78 is 46.5. The largest absolute Gasteiger partial charge is 0.494 e. The van der Waals surface area contributed by atoms with Crippen molar-refractivity contribution in [1.29, 1.82) is 0 Å². The van der Waals surface area contributed by atoms with E-state index < -0.39 is 28.5 Å². The lowest BCUT2D eigenvalue weighted by Crippen LogP contribution is -2.41. The predicted molar refractivity (Wildman–Crippen MR) is 127 cm³/mol. The van der Waals surface area contributed by atoms with E-state index in [1.165, 1.54) is 36.4 Å². The summed E-state index contributed by atoms with van der Waals surface area (Å²) in [5.41, 5.74) is 0.996. The van der Waals surface area contributed by atoms with Gasteiger partial charge in [-0.15, -0.1) is 0 Å². The molecule has 0 bridgehead atoms. The first-order chi connectivity index (χ1) is 15.7. The average molecular weight is 491 g/mol. The van der Waals surface area contributed by atoms with E-state index in [0.717, 1.165) is 4.31 Å². The van der Waals surface area contributed by atoms with Crippen LogP contribution in [0.4, 0.5) is 10.1 Å². The third-order valence-electron chi connectivity index (χ3n) is 4.87. The van der Waals surface area contributed by atoms with Crippen molar-refractivity contribution in [3.63, 3.8) is 0 Å². The molecule has 0 heterocycles. The molecule has 174 valence electrons. The lowest BCUT2D eigenvalue weighted by atomic mass is 10.1. The number of halogens is 2. The SMILES string of the molecule is CCOc1ccc(N(CC(=O)N[C@@H](C)c2ccc(F)cc2)S(=O)(=O)c2ccc(Cl)cc2)cc1. The Balaban J connectivity index is 1.88. The van der Waals surface area contributed by atoms with E-state index in [1.54, 1.807) is 43.3 Å². The summed E-state index contributed by atoms with van der Waals surface area (Å²) in [5, 5.41) is 3.16. The maximum Gasteiger partial charge on any atom is 0.264 e. The van der Waals surface area contributed by atoms with Crippen LogP contribution in [0, 0.1) is 5.82 Å². The highest BCUT2D eigenvalue weighted by Crippen LogP contribution is 2.27. The topological polar surface area (TPSA) is 75.7 Å². The summed E-state index contributed by atoms with van der Waals surface area (Å²) in [6.07, 6.45) is 0. The molecule has 9 heteroatoms. The highest BCUT2D eigenvalue weighted by Gasteiger charge is 2.28. The third-order valence-corrected chi connectivity index (χ3v) is 6.91. The van der Waals surface area contributed by atoms with Crippen molar-refractivity contribution in [3.8, 4) is 5.75 Å². The smallest absolute Gasteiger partial charge is 0.264 e. The van der Waals surface area contributed by atoms with E-state index in [9.17, 15) is 17.6 Å². The molecule has 0 unspecified atom stereocenters. The van der Waals surface area contributed by atoms with Crippen LogP contribution in [-0.2, 0) is 14.8 Å². The number of rotatable bonds is 9. The Hall–Kier alpha value is -3.10. The van der Waals surface area contributed by atoms with Gasteiger partial charge in [-0.2, -0.15) is 0 Å². The quantitative estimate of drug-likeness (QED) is 0.460. The number of carbonyl (C=O) groups excluding carboxylic acids is 1. The van der Waals surface area contributed by atoms with Gasteiger partial charge in [-0.05, 0) is 80.1 Å². The van der Waals surface area contributed by atoms with Gasteiger partial charge in [-0.3, -0.25) is 9.10 Å². The number of nitrogens with one attached hydrogen (secondary N) is 1. The Morgan fingerprint density at radius 1 is 1.03 bits per heavy atom. The first-order valence-corrected chi connectivity index (χ1v) is 12.1. The van der Waals surface area contributed by atoms with Crippen LogP contribution >= 0.6 is 11.6 Å². The second-order valence-corrected chi connectivity index (χ2v) is 9.53. The highest BCUT2D eigenvalue weighted by atomic mass is 35.5. The van der Waals surface area contributed by atoms with Gasteiger partial charge in [0.1, 0.15) is 18.1 Å². The van der Waals surface area contributed by atoms with Gasteiger partial charge in [0.25, 0.3) is 10.0 Å². The molecular weight excluding hydrogens is 467 g/mol. The van der Waals surface area contributed by atoms with Gasteiger partial charge in [0, 0.05) is 5.02 Å². The van der Waals surface area contributed by atoms with Gasteiger partial charge in [0.05, 0.1) is 23.2 Å². The normalized spacial score (nSPS) is 12.1. The minimum atomic E-state index is -4.07. The number of ether oxygens (including phenoxy) is 1. The van der Waals surface area contributed by atoms with Gasteiger partial charge < -0.3 is 10.1 Å². The van der Waals surface area contributed by atoms with Crippen molar-refractivity contribution in [1.82, 2.24) is 5.32 Å². The van der Waals surface area contributed by atoms with Crippen molar-refractivity contribution in [2.24, 2.45) is 0 Å². The van der Waals surface area contributed by atoms with Gasteiger partial charge in [0.2, 0.25) is 5.91 Å². The molecule has 1 atom stereocenters. The Kier molecular flexibility index (Phi) is 7.94. The minimum absolute atomic E-state index is 0.000155. The van der Waals surface area contributed by atoms with E-state index in [1.807, 2.05) is 6.92 Å². The van der Waals surface area contributed by atoms with E-state index in [4.69, 9.17) is 16.3 Å². The molecule has 0 aliphatic rings. The zero-order valence-corrected chi connectivity index (χ0v) is 19.7. The van der Waals surface area contributed by atoms with E-state index in [2.05, 4.69) is 5.32 Å². The van der Waals surface area contributed by atoms with E-state index >= 15 is 0 Å². The fraction of sp³-hybridized carbons (Fsp3) is 0.208. The molecule has 0 saturated carbocycles. The molecule has 0 radical (unpaired) electrons. The summed E-state index contributed by atoms with van der Waals surface area (Å²) in [6.45, 7) is 3.60. The standard InChI is InChI=1S/C24H24ClFN2O4S/c1-3-32-22-12-10-21(11-13-22)28(33(30,31)23-14-6-19(25)7-15-23)16-24(29)27-17(2)18-4-8-20(26)9-5-18/h4-15,17H,3,16H2,1-2H3,(H,27,29)/t17-/m0/s1. The molecule has 0 saturated heterocycles. The molecule has 1 N–H and O–H groups in total. The van der Waals surface area contributed by atoms with Crippen molar-refractivity contribution in [2.45, 2.75) is 24.8 Å². The van der Waals surface area contributed by atoms with Crippen molar-refractivity contribution < 1.29 is 22.3 Å². The first kappa shape index (κ1) is 24.5. The number of carbonyl (C=O) groups is 1. The number of benzene rings is 3. The number of sulfonamides is 1. The van der Waals surface area contributed by atoms with Gasteiger partial charge in [0.15, 0.2) is 0 Å². The molecular formula is C24H24ClFN2O4S. The van der Waals surface area contributed by atoms with Crippen LogP contribution in [0.1, 0.15) is 25.5 Å². The molecule has 0 aromatic heterocycles. The van der Waals surface area contributed by atoms with Crippen LogP contribution < -0.4 is 14.4 Å². The molecule has 0 aliphatic heterocycles. The van der Waals surface area contributed by atoms with Crippen LogP contribution in [0.3, 0.4) is 0 Å². The number of hydrogen-bond acceptors (Lipinski definition) is 4. The zero-order valence-electron chi connectivity index (χ0n) is 18.2. The number of nitrogens with zero attached hydrogens (tertiary/aromatic N) is 1. The predicted octanol–water partition coefficient (Wildman–Crippen LogP) is 4.95. The summed E-state index contributed by atoms with van der Waals surface area (Å²) >= 11 is 5.91. The molecule has 3 rings (SSSR count). The second-order valence-electron chi connectivity index (χ2n) is 7.23. The van der Waals surface area contributed by atoms with Gasteiger partial charge in [-0.1, -0.05) is 23.7 Å². The molecule has 0 aliphatic carbocycles. The summed E-state index contributed by atoms with van der Waals surface area (Å²) in [4.78, 5) is 12.8. The fourth-order valence-electron chi connectivity index (χ4n) is 3.18. The maximum atomic E-state index is 13.4. The Morgan fingerprint density at radius 2 is 1.64 bits per heavy atom. The number of hydrogen-bond donors (Lipinski definition) is 1. The van der Waals surface area contributed by atoms with Gasteiger partial charge in [-0.25, -0.2) is 12.8 Å². The van der Waals surface area contributed by atoms with E-state index in [0.29, 0.717) is 28.6 Å². The summed E-state index contributed by atoms with van der Waals surface area (Å²) in [6, 6.07) is 17.4. The average Bonchev–Trinajstić information content (AvgIpc) is 2.79. The maximum absolute atomic E-state index is 13.4. The van der Waals surface area contributed by atoms with Crippen LogP contribution in [0.25, 0.3) is 0 Å². The molecule has 0 spiro atoms. The first-order valence-electron chi connectivity index (χ1n) is 10.3. The number of amides is 1. The molecule has 33 heavy (non-hydrogen) atoms. The monoisotopic (exact) mass is 490 g/mol. The molecule has 6 nitrogen and oxygen atoms in total. The summed E-state index contributed by atoms with van der Waals surface area (Å²) in [5.74, 6) is -0.314. The lowest BCUT2D eigenvalue weighted by molar-refractivity contribution is -0.120. The van der Waals surface area contributed by atoms with Gasteiger partial charge >= 0.3 is 0 Å². The van der Waals surface area contributed by atoms with Crippen LogP contribution in [-0.4, -0.2) is 27.5 Å². The van der Waals surface area contributed by atoms with E-state index in [-0.39, 0.29) is 10.7 Å².